The number of rotatable bonds is 6. The van der Waals surface area contributed by atoms with E-state index in [1.165, 1.54) is 6.42 Å². The van der Waals surface area contributed by atoms with Gasteiger partial charge >= 0.3 is 0 Å². The van der Waals surface area contributed by atoms with E-state index in [0.29, 0.717) is 11.7 Å². The number of nitrogens with one attached hydrogen (secondary N) is 1. The van der Waals surface area contributed by atoms with Crippen molar-refractivity contribution in [1.82, 2.24) is 10.2 Å². The molecule has 1 unspecified atom stereocenters. The molecule has 0 aliphatic carbocycles. The van der Waals surface area contributed by atoms with Crippen molar-refractivity contribution in [2.45, 2.75) is 26.7 Å². The van der Waals surface area contributed by atoms with Gasteiger partial charge in [-0.3, -0.25) is 4.79 Å². The minimum absolute atomic E-state index is 0.307. The number of carbonyl (C=O) groups excluding carboxylic acids is 1. The topological polar surface area (TPSA) is 32.3 Å². The van der Waals surface area contributed by atoms with Gasteiger partial charge < -0.3 is 10.2 Å². The molecule has 0 amide bonds. The van der Waals surface area contributed by atoms with Crippen LogP contribution in [0.15, 0.2) is 0 Å². The summed E-state index contributed by atoms with van der Waals surface area (Å²) in [5, 5.41) is 3.38. The number of carbonyl (C=O) groups is 1. The third-order valence-electron chi connectivity index (χ3n) is 2.88. The molecule has 1 aliphatic heterocycles. The van der Waals surface area contributed by atoms with Gasteiger partial charge in [0.15, 0.2) is 0 Å². The lowest BCUT2D eigenvalue weighted by atomic mass is 10.1. The molecule has 1 N–H and O–H groups in total. The van der Waals surface area contributed by atoms with Crippen molar-refractivity contribution < 1.29 is 4.79 Å². The molecule has 14 heavy (non-hydrogen) atoms. The quantitative estimate of drug-likeness (QED) is 0.644. The molecular formula is C11H22N2O. The van der Waals surface area contributed by atoms with Crippen LogP contribution >= 0.6 is 0 Å². The molecule has 0 aromatic carbocycles. The fourth-order valence-corrected chi connectivity index (χ4v) is 1.91. The number of ketones is 1. The van der Waals surface area contributed by atoms with Crippen LogP contribution in [0.3, 0.4) is 0 Å². The maximum absolute atomic E-state index is 11.1. The molecular weight excluding hydrogens is 176 g/mol. The van der Waals surface area contributed by atoms with Crippen LogP contribution in [-0.2, 0) is 4.79 Å². The summed E-state index contributed by atoms with van der Waals surface area (Å²) in [5.74, 6) is 0.662. The molecule has 1 saturated heterocycles. The first-order chi connectivity index (χ1) is 6.74. The Morgan fingerprint density at radius 3 is 2.86 bits per heavy atom. The molecule has 3 nitrogen and oxygen atoms in total. The normalized spacial score (nSPS) is 22.9. The second-order valence-corrected chi connectivity index (χ2v) is 4.15. The van der Waals surface area contributed by atoms with E-state index in [2.05, 4.69) is 17.1 Å². The Morgan fingerprint density at radius 1 is 1.50 bits per heavy atom. The van der Waals surface area contributed by atoms with Crippen molar-refractivity contribution in [1.29, 1.82) is 0 Å². The standard InChI is InChI=1S/C11H22N2O/c1-3-5-12-6-8-13-7-4-11(9-13)10(2)14/h11-12H,3-9H2,1-2H3. The summed E-state index contributed by atoms with van der Waals surface area (Å²) in [6.45, 7) is 9.20. The van der Waals surface area contributed by atoms with Gasteiger partial charge in [0.25, 0.3) is 0 Å². The highest BCUT2D eigenvalue weighted by atomic mass is 16.1. The van der Waals surface area contributed by atoms with Crippen LogP contribution < -0.4 is 5.32 Å². The monoisotopic (exact) mass is 198 g/mol. The van der Waals surface area contributed by atoms with Gasteiger partial charge in [-0.05, 0) is 32.9 Å². The number of nitrogens with zero attached hydrogens (tertiary/aromatic N) is 1. The van der Waals surface area contributed by atoms with Crippen molar-refractivity contribution >= 4 is 5.78 Å². The zero-order valence-corrected chi connectivity index (χ0v) is 9.38. The minimum Gasteiger partial charge on any atom is -0.315 e. The summed E-state index contributed by atoms with van der Waals surface area (Å²) in [6.07, 6.45) is 2.25. The van der Waals surface area contributed by atoms with Crippen molar-refractivity contribution in [3.05, 3.63) is 0 Å². The van der Waals surface area contributed by atoms with Crippen LogP contribution in [-0.4, -0.2) is 43.4 Å². The summed E-state index contributed by atoms with van der Waals surface area (Å²) in [6, 6.07) is 0. The molecule has 82 valence electrons. The van der Waals surface area contributed by atoms with E-state index in [0.717, 1.165) is 39.1 Å². The lowest BCUT2D eigenvalue weighted by molar-refractivity contribution is -0.120. The number of hydrogen-bond acceptors (Lipinski definition) is 3. The second-order valence-electron chi connectivity index (χ2n) is 4.15. The van der Waals surface area contributed by atoms with E-state index in [4.69, 9.17) is 0 Å². The van der Waals surface area contributed by atoms with Crippen LogP contribution in [0.1, 0.15) is 26.7 Å². The Kier molecular flexibility index (Phi) is 5.12. The third-order valence-corrected chi connectivity index (χ3v) is 2.88. The zero-order chi connectivity index (χ0) is 10.4. The van der Waals surface area contributed by atoms with Gasteiger partial charge in [-0.2, -0.15) is 0 Å². The Balaban J connectivity index is 2.07. The molecule has 1 fully saturated rings. The average Bonchev–Trinajstić information content (AvgIpc) is 2.61. The van der Waals surface area contributed by atoms with E-state index < -0.39 is 0 Å². The first-order valence-corrected chi connectivity index (χ1v) is 5.67. The Labute approximate surface area is 86.9 Å². The maximum atomic E-state index is 11.1. The Bertz CT molecular complexity index is 182. The Hall–Kier alpha value is -0.410. The van der Waals surface area contributed by atoms with Gasteiger partial charge in [0.05, 0.1) is 0 Å². The molecule has 1 aliphatic rings. The van der Waals surface area contributed by atoms with Gasteiger partial charge in [-0.25, -0.2) is 0 Å². The SMILES string of the molecule is CCCNCCN1CCC(C(C)=O)C1. The van der Waals surface area contributed by atoms with E-state index >= 15 is 0 Å². The highest BCUT2D eigenvalue weighted by Crippen LogP contribution is 2.15. The highest BCUT2D eigenvalue weighted by Gasteiger charge is 2.24. The summed E-state index contributed by atoms with van der Waals surface area (Å²) < 4.78 is 0. The van der Waals surface area contributed by atoms with E-state index in [-0.39, 0.29) is 0 Å². The smallest absolute Gasteiger partial charge is 0.134 e. The summed E-state index contributed by atoms with van der Waals surface area (Å²) in [4.78, 5) is 13.5. The number of hydrogen-bond donors (Lipinski definition) is 1. The second kappa shape index (κ2) is 6.14. The van der Waals surface area contributed by atoms with Gasteiger partial charge in [-0.1, -0.05) is 6.92 Å². The van der Waals surface area contributed by atoms with Crippen LogP contribution in [0, 0.1) is 5.92 Å². The molecule has 0 bridgehead atoms. The van der Waals surface area contributed by atoms with Gasteiger partial charge in [-0.15, -0.1) is 0 Å². The molecule has 3 heteroatoms. The highest BCUT2D eigenvalue weighted by molar-refractivity contribution is 5.78. The first kappa shape index (κ1) is 11.7. The van der Waals surface area contributed by atoms with Gasteiger partial charge in [0.2, 0.25) is 0 Å². The molecule has 1 heterocycles. The molecule has 0 aromatic rings. The number of likely N-dealkylation sites (tertiary alicyclic amines) is 1. The molecule has 0 saturated carbocycles. The summed E-state index contributed by atoms with van der Waals surface area (Å²) >= 11 is 0. The van der Waals surface area contributed by atoms with Crippen molar-refractivity contribution in [3.8, 4) is 0 Å². The molecule has 0 aromatic heterocycles. The van der Waals surface area contributed by atoms with Crippen LogP contribution in [0.4, 0.5) is 0 Å². The number of Topliss-reactive ketones (excluding diaryl/α,β-unsaturated/α-hetero) is 1. The van der Waals surface area contributed by atoms with Crippen LogP contribution in [0.2, 0.25) is 0 Å². The van der Waals surface area contributed by atoms with Crippen molar-refractivity contribution in [3.63, 3.8) is 0 Å². The average molecular weight is 198 g/mol. The summed E-state index contributed by atoms with van der Waals surface area (Å²) in [5.41, 5.74) is 0. The van der Waals surface area contributed by atoms with E-state index in [1.54, 1.807) is 6.92 Å². The van der Waals surface area contributed by atoms with Crippen LogP contribution in [0.5, 0.6) is 0 Å². The first-order valence-electron chi connectivity index (χ1n) is 5.67. The Morgan fingerprint density at radius 2 is 2.29 bits per heavy atom. The van der Waals surface area contributed by atoms with Crippen molar-refractivity contribution in [2.24, 2.45) is 5.92 Å². The predicted octanol–water partition coefficient (Wildman–Crippen LogP) is 0.897. The third kappa shape index (κ3) is 3.76. The van der Waals surface area contributed by atoms with Crippen LogP contribution in [0.25, 0.3) is 0 Å². The molecule has 0 spiro atoms. The maximum Gasteiger partial charge on any atom is 0.134 e. The van der Waals surface area contributed by atoms with E-state index in [9.17, 15) is 4.79 Å². The lowest BCUT2D eigenvalue weighted by Gasteiger charge is -2.15. The largest absolute Gasteiger partial charge is 0.315 e. The molecule has 0 radical (unpaired) electrons. The molecule has 1 atom stereocenters. The van der Waals surface area contributed by atoms with E-state index in [1.807, 2.05) is 0 Å². The predicted molar refractivity (Wildman–Crippen MR) is 58.4 cm³/mol. The minimum atomic E-state index is 0.307. The molecule has 1 rings (SSSR count). The summed E-state index contributed by atoms with van der Waals surface area (Å²) in [7, 11) is 0. The zero-order valence-electron chi connectivity index (χ0n) is 9.38. The lowest BCUT2D eigenvalue weighted by Crippen LogP contribution is -2.31. The fraction of sp³-hybridized carbons (Fsp3) is 0.909. The van der Waals surface area contributed by atoms with Gasteiger partial charge in [0, 0.05) is 25.6 Å². The van der Waals surface area contributed by atoms with Gasteiger partial charge in [0.1, 0.15) is 5.78 Å². The fourth-order valence-electron chi connectivity index (χ4n) is 1.91. The van der Waals surface area contributed by atoms with Crippen molar-refractivity contribution in [2.75, 3.05) is 32.7 Å².